The van der Waals surface area contributed by atoms with Gasteiger partial charge >= 0.3 is 5.97 Å². The molecular weight excluding hydrogens is 262 g/mol. The summed E-state index contributed by atoms with van der Waals surface area (Å²) in [4.78, 5) is 22.2. The summed E-state index contributed by atoms with van der Waals surface area (Å²) < 4.78 is 9.86. The minimum atomic E-state index is -0.956. The number of aromatic carboxylic acids is 1. The molecular formula is C14H19NO5. The number of amides is 1. The van der Waals surface area contributed by atoms with E-state index in [2.05, 4.69) is 5.32 Å². The van der Waals surface area contributed by atoms with Crippen molar-refractivity contribution in [1.29, 1.82) is 0 Å². The Morgan fingerprint density at radius 1 is 1.30 bits per heavy atom. The Morgan fingerprint density at radius 2 is 2.10 bits per heavy atom. The van der Waals surface area contributed by atoms with Crippen LogP contribution in [0.1, 0.15) is 15.9 Å². The van der Waals surface area contributed by atoms with Gasteiger partial charge in [0.25, 0.3) is 0 Å². The van der Waals surface area contributed by atoms with Gasteiger partial charge in [-0.15, -0.1) is 0 Å². The third-order valence-corrected chi connectivity index (χ3v) is 2.57. The lowest BCUT2D eigenvalue weighted by Crippen LogP contribution is -2.29. The molecule has 110 valence electrons. The van der Waals surface area contributed by atoms with Crippen LogP contribution in [0.15, 0.2) is 24.3 Å². The number of carboxylic acids is 1. The number of hydrogen-bond acceptors (Lipinski definition) is 4. The second-order valence-electron chi connectivity index (χ2n) is 4.15. The summed E-state index contributed by atoms with van der Waals surface area (Å²) in [6.07, 6.45) is 0.574. The van der Waals surface area contributed by atoms with Gasteiger partial charge in [-0.1, -0.05) is 12.1 Å². The molecule has 0 aliphatic heterocycles. The first-order valence-corrected chi connectivity index (χ1v) is 6.29. The Bertz CT molecular complexity index is 447. The highest BCUT2D eigenvalue weighted by Gasteiger charge is 2.04. The zero-order chi connectivity index (χ0) is 14.8. The zero-order valence-electron chi connectivity index (χ0n) is 11.4. The van der Waals surface area contributed by atoms with Crippen molar-refractivity contribution in [3.05, 3.63) is 35.4 Å². The summed E-state index contributed by atoms with van der Waals surface area (Å²) in [5, 5.41) is 11.6. The van der Waals surface area contributed by atoms with Gasteiger partial charge in [-0.05, 0) is 24.1 Å². The van der Waals surface area contributed by atoms with Gasteiger partial charge in [0.2, 0.25) is 5.91 Å². The van der Waals surface area contributed by atoms with Gasteiger partial charge in [0.15, 0.2) is 0 Å². The number of ether oxygens (including phenoxy) is 2. The summed E-state index contributed by atoms with van der Waals surface area (Å²) >= 11 is 0. The molecule has 0 aliphatic rings. The van der Waals surface area contributed by atoms with E-state index in [9.17, 15) is 9.59 Å². The second kappa shape index (κ2) is 9.06. The Balaban J connectivity index is 2.25. The largest absolute Gasteiger partial charge is 0.478 e. The maximum atomic E-state index is 11.4. The minimum Gasteiger partial charge on any atom is -0.478 e. The van der Waals surface area contributed by atoms with Crippen LogP contribution < -0.4 is 5.32 Å². The van der Waals surface area contributed by atoms with Crippen molar-refractivity contribution in [3.63, 3.8) is 0 Å². The minimum absolute atomic E-state index is 0.00146. The third kappa shape index (κ3) is 6.31. The molecule has 20 heavy (non-hydrogen) atoms. The van der Waals surface area contributed by atoms with Gasteiger partial charge in [-0.3, -0.25) is 4.79 Å². The number of benzene rings is 1. The topological polar surface area (TPSA) is 84.9 Å². The number of carbonyl (C=O) groups is 2. The maximum absolute atomic E-state index is 11.4. The molecule has 0 aliphatic carbocycles. The smallest absolute Gasteiger partial charge is 0.335 e. The van der Waals surface area contributed by atoms with Crippen LogP contribution >= 0.6 is 0 Å². The van der Waals surface area contributed by atoms with Crippen molar-refractivity contribution in [3.8, 4) is 0 Å². The number of nitrogens with one attached hydrogen (secondary N) is 1. The Kier molecular flexibility index (Phi) is 7.31. The molecule has 0 fully saturated rings. The molecule has 6 heteroatoms. The predicted octanol–water partition coefficient (Wildman–Crippen LogP) is 0.707. The monoisotopic (exact) mass is 281 g/mol. The second-order valence-corrected chi connectivity index (χ2v) is 4.15. The van der Waals surface area contributed by atoms with E-state index in [1.807, 2.05) is 6.07 Å². The molecule has 0 saturated carbocycles. The number of carbonyl (C=O) groups excluding carboxylic acids is 1. The quantitative estimate of drug-likeness (QED) is 0.651. The molecule has 0 spiro atoms. The van der Waals surface area contributed by atoms with E-state index in [0.717, 1.165) is 5.56 Å². The molecule has 1 rings (SSSR count). The summed E-state index contributed by atoms with van der Waals surface area (Å²) in [5.41, 5.74) is 1.11. The average molecular weight is 281 g/mol. The van der Waals surface area contributed by atoms with Gasteiger partial charge in [-0.2, -0.15) is 0 Å². The highest BCUT2D eigenvalue weighted by atomic mass is 16.5. The number of methoxy groups -OCH3 is 1. The predicted molar refractivity (Wildman–Crippen MR) is 72.8 cm³/mol. The van der Waals surface area contributed by atoms with Crippen LogP contribution in [0.5, 0.6) is 0 Å². The molecule has 0 aromatic heterocycles. The van der Waals surface area contributed by atoms with Crippen LogP contribution in [0.2, 0.25) is 0 Å². The van der Waals surface area contributed by atoms with Gasteiger partial charge in [0, 0.05) is 13.7 Å². The SMILES string of the molecule is COCCOCC(=O)NCCc1cccc(C(=O)O)c1. The highest BCUT2D eigenvalue weighted by molar-refractivity contribution is 5.87. The fraction of sp³-hybridized carbons (Fsp3) is 0.429. The van der Waals surface area contributed by atoms with Crippen LogP contribution in [0, 0.1) is 0 Å². The lowest BCUT2D eigenvalue weighted by molar-refractivity contribution is -0.126. The molecule has 0 atom stereocenters. The van der Waals surface area contributed by atoms with Crippen molar-refractivity contribution in [1.82, 2.24) is 5.32 Å². The average Bonchev–Trinajstić information content (AvgIpc) is 2.44. The first kappa shape index (κ1) is 16.1. The first-order chi connectivity index (χ1) is 9.63. The molecule has 2 N–H and O–H groups in total. The van der Waals surface area contributed by atoms with Crippen molar-refractivity contribution in [2.24, 2.45) is 0 Å². The van der Waals surface area contributed by atoms with Gasteiger partial charge in [0.1, 0.15) is 6.61 Å². The van der Waals surface area contributed by atoms with Gasteiger partial charge in [0.05, 0.1) is 18.8 Å². The fourth-order valence-electron chi connectivity index (χ4n) is 1.56. The first-order valence-electron chi connectivity index (χ1n) is 6.29. The Morgan fingerprint density at radius 3 is 2.80 bits per heavy atom. The van der Waals surface area contributed by atoms with Crippen LogP contribution in [0.25, 0.3) is 0 Å². The molecule has 0 heterocycles. The van der Waals surface area contributed by atoms with Gasteiger partial charge in [-0.25, -0.2) is 4.79 Å². The molecule has 1 aromatic carbocycles. The van der Waals surface area contributed by atoms with Crippen LogP contribution in [0.4, 0.5) is 0 Å². The molecule has 1 amide bonds. The van der Waals surface area contributed by atoms with Crippen molar-refractivity contribution >= 4 is 11.9 Å². The van der Waals surface area contributed by atoms with Crippen molar-refractivity contribution < 1.29 is 24.2 Å². The summed E-state index contributed by atoms with van der Waals surface area (Å²) in [6.45, 7) is 1.27. The summed E-state index contributed by atoms with van der Waals surface area (Å²) in [5.74, 6) is -1.15. The Labute approximate surface area is 117 Å². The summed E-state index contributed by atoms with van der Waals surface area (Å²) in [6, 6.07) is 6.65. The molecule has 0 saturated heterocycles. The van der Waals surface area contributed by atoms with E-state index in [4.69, 9.17) is 14.6 Å². The van der Waals surface area contributed by atoms with Crippen LogP contribution in [-0.2, 0) is 20.7 Å². The lowest BCUT2D eigenvalue weighted by Gasteiger charge is -2.06. The Hall–Kier alpha value is -1.92. The zero-order valence-corrected chi connectivity index (χ0v) is 11.4. The van der Waals surface area contributed by atoms with Crippen LogP contribution in [0.3, 0.4) is 0 Å². The van der Waals surface area contributed by atoms with Crippen molar-refractivity contribution in [2.75, 3.05) is 33.5 Å². The molecule has 0 radical (unpaired) electrons. The van der Waals surface area contributed by atoms with E-state index in [1.165, 1.54) is 6.07 Å². The number of hydrogen-bond donors (Lipinski definition) is 2. The third-order valence-electron chi connectivity index (χ3n) is 2.57. The van der Waals surface area contributed by atoms with E-state index < -0.39 is 5.97 Å². The molecule has 0 unspecified atom stereocenters. The van der Waals surface area contributed by atoms with E-state index in [-0.39, 0.29) is 18.1 Å². The molecule has 0 bridgehead atoms. The normalized spacial score (nSPS) is 10.2. The van der Waals surface area contributed by atoms with Crippen LogP contribution in [-0.4, -0.2) is 50.5 Å². The number of rotatable bonds is 9. The van der Waals surface area contributed by atoms with Gasteiger partial charge < -0.3 is 19.9 Å². The molecule has 1 aromatic rings. The fourth-order valence-corrected chi connectivity index (χ4v) is 1.56. The van der Waals surface area contributed by atoms with Crippen molar-refractivity contribution in [2.45, 2.75) is 6.42 Å². The number of carboxylic acid groups (broad SMARTS) is 1. The maximum Gasteiger partial charge on any atom is 0.335 e. The van der Waals surface area contributed by atoms with E-state index in [1.54, 1.807) is 19.2 Å². The van der Waals surface area contributed by atoms with E-state index in [0.29, 0.717) is 26.2 Å². The lowest BCUT2D eigenvalue weighted by atomic mass is 10.1. The van der Waals surface area contributed by atoms with E-state index >= 15 is 0 Å². The molecule has 6 nitrogen and oxygen atoms in total. The highest BCUT2D eigenvalue weighted by Crippen LogP contribution is 2.05. The standard InChI is InChI=1S/C14H19NO5/c1-19-7-8-20-10-13(16)15-6-5-11-3-2-4-12(9-11)14(17)18/h2-4,9H,5-8,10H2,1H3,(H,15,16)(H,17,18). The summed E-state index contributed by atoms with van der Waals surface area (Å²) in [7, 11) is 1.56.